The number of pyridine rings is 1. The molecule has 1 saturated heterocycles. The van der Waals surface area contributed by atoms with Crippen LogP contribution in [-0.4, -0.2) is 36.3 Å². The summed E-state index contributed by atoms with van der Waals surface area (Å²) in [6, 6.07) is 8.12. The van der Waals surface area contributed by atoms with Gasteiger partial charge in [0.15, 0.2) is 0 Å². The average molecular weight is 416 g/mol. The van der Waals surface area contributed by atoms with Crippen LogP contribution in [0.15, 0.2) is 30.3 Å². The number of anilines is 1. The Morgan fingerprint density at radius 1 is 1.20 bits per heavy atom. The first kappa shape index (κ1) is 20.7. The Hall–Kier alpha value is -2.54. The molecule has 160 valence electrons. The highest BCUT2D eigenvalue weighted by Crippen LogP contribution is 2.42. The van der Waals surface area contributed by atoms with Crippen LogP contribution in [0.25, 0.3) is 11.3 Å². The number of piperidine rings is 1. The molecule has 1 atom stereocenters. The second-order valence-electron chi connectivity index (χ2n) is 8.26. The van der Waals surface area contributed by atoms with E-state index in [2.05, 4.69) is 4.98 Å². The summed E-state index contributed by atoms with van der Waals surface area (Å²) in [5, 5.41) is 8.93. The van der Waals surface area contributed by atoms with Crippen LogP contribution < -0.4 is 4.90 Å². The van der Waals surface area contributed by atoms with E-state index < -0.39 is 17.6 Å². The van der Waals surface area contributed by atoms with Gasteiger partial charge in [-0.2, -0.15) is 0 Å². The minimum Gasteiger partial charge on any atom is -0.481 e. The standard InChI is InChI=1S/C23H26F2N2O3/c1-30-23(15-5-6-15)20-4-2-3-19(26-20)16-12-17(24)22(18(25)13-16)27-9-7-14(8-10-27)11-21(28)29/h2-4,12-15,23H,5-11H2,1H3,(H,28,29). The largest absolute Gasteiger partial charge is 0.481 e. The van der Waals surface area contributed by atoms with Crippen LogP contribution in [0.5, 0.6) is 0 Å². The van der Waals surface area contributed by atoms with E-state index in [9.17, 15) is 13.6 Å². The minimum atomic E-state index is -0.831. The lowest BCUT2D eigenvalue weighted by Crippen LogP contribution is -2.35. The van der Waals surface area contributed by atoms with Gasteiger partial charge >= 0.3 is 5.97 Å². The second kappa shape index (κ2) is 8.68. The second-order valence-corrected chi connectivity index (χ2v) is 8.26. The zero-order valence-electron chi connectivity index (χ0n) is 17.0. The molecule has 7 heteroatoms. The molecule has 1 aliphatic heterocycles. The molecule has 0 bridgehead atoms. The van der Waals surface area contributed by atoms with E-state index in [1.54, 1.807) is 18.1 Å². The molecule has 1 N–H and O–H groups in total. The van der Waals surface area contributed by atoms with Crippen LogP contribution in [0.2, 0.25) is 0 Å². The number of methoxy groups -OCH3 is 1. The molecule has 1 aromatic heterocycles. The number of benzene rings is 1. The molecule has 4 rings (SSSR count). The first-order chi connectivity index (χ1) is 14.5. The van der Waals surface area contributed by atoms with Crippen molar-refractivity contribution in [3.8, 4) is 11.3 Å². The molecule has 2 fully saturated rings. The van der Waals surface area contributed by atoms with Gasteiger partial charge in [-0.3, -0.25) is 9.78 Å². The van der Waals surface area contributed by atoms with Crippen molar-refractivity contribution in [1.82, 2.24) is 4.98 Å². The van der Waals surface area contributed by atoms with Crippen molar-refractivity contribution in [2.45, 2.75) is 38.2 Å². The fourth-order valence-electron chi connectivity index (χ4n) is 4.35. The number of carboxylic acids is 1. The quantitative estimate of drug-likeness (QED) is 0.702. The van der Waals surface area contributed by atoms with Crippen molar-refractivity contribution < 1.29 is 23.4 Å². The maximum Gasteiger partial charge on any atom is 0.303 e. The number of hydrogen-bond acceptors (Lipinski definition) is 4. The van der Waals surface area contributed by atoms with Crippen LogP contribution in [-0.2, 0) is 9.53 Å². The van der Waals surface area contributed by atoms with E-state index in [0.29, 0.717) is 43.1 Å². The number of hydrogen-bond donors (Lipinski definition) is 1. The average Bonchev–Trinajstić information content (AvgIpc) is 3.54. The molecule has 5 nitrogen and oxygen atoms in total. The molecular formula is C23H26F2N2O3. The highest BCUT2D eigenvalue weighted by molar-refractivity contribution is 5.67. The molecule has 2 aliphatic rings. The molecule has 2 heterocycles. The predicted molar refractivity (Wildman–Crippen MR) is 109 cm³/mol. The highest BCUT2D eigenvalue weighted by atomic mass is 19.1. The van der Waals surface area contributed by atoms with Gasteiger partial charge in [0, 0.05) is 32.2 Å². The number of ether oxygens (including phenoxy) is 1. The predicted octanol–water partition coefficient (Wildman–Crippen LogP) is 4.82. The maximum atomic E-state index is 14.9. The van der Waals surface area contributed by atoms with Crippen LogP contribution in [0.4, 0.5) is 14.5 Å². The smallest absolute Gasteiger partial charge is 0.303 e. The third kappa shape index (κ3) is 4.46. The molecule has 2 aromatic rings. The zero-order valence-corrected chi connectivity index (χ0v) is 17.0. The number of nitrogens with zero attached hydrogens (tertiary/aromatic N) is 2. The zero-order chi connectivity index (χ0) is 21.3. The first-order valence-corrected chi connectivity index (χ1v) is 10.4. The van der Waals surface area contributed by atoms with Gasteiger partial charge in [0.1, 0.15) is 23.4 Å². The Kier molecular flexibility index (Phi) is 5.99. The summed E-state index contributed by atoms with van der Waals surface area (Å²) in [6.07, 6.45) is 3.43. The van der Waals surface area contributed by atoms with Crippen LogP contribution in [0, 0.1) is 23.5 Å². The summed E-state index contributed by atoms with van der Waals surface area (Å²) >= 11 is 0. The summed E-state index contributed by atoms with van der Waals surface area (Å²) < 4.78 is 35.4. The van der Waals surface area contributed by atoms with E-state index >= 15 is 0 Å². The maximum absolute atomic E-state index is 14.9. The topological polar surface area (TPSA) is 62.7 Å². The van der Waals surface area contributed by atoms with Gasteiger partial charge in [-0.05, 0) is 61.8 Å². The minimum absolute atomic E-state index is 0.0450. The SMILES string of the molecule is COC(c1cccc(-c2cc(F)c(N3CCC(CC(=O)O)CC3)c(F)c2)n1)C1CC1. The van der Waals surface area contributed by atoms with Gasteiger partial charge in [0.25, 0.3) is 0 Å². The highest BCUT2D eigenvalue weighted by Gasteiger charge is 2.33. The van der Waals surface area contributed by atoms with Crippen LogP contribution in [0.3, 0.4) is 0 Å². The van der Waals surface area contributed by atoms with Gasteiger partial charge in [0.05, 0.1) is 11.4 Å². The Labute approximate surface area is 174 Å². The normalized spacial score (nSPS) is 18.4. The summed E-state index contributed by atoms with van der Waals surface area (Å²) in [4.78, 5) is 17.2. The molecule has 0 amide bonds. The van der Waals surface area contributed by atoms with Crippen molar-refractivity contribution in [2.75, 3.05) is 25.1 Å². The lowest BCUT2D eigenvalue weighted by atomic mass is 9.93. The molecule has 0 radical (unpaired) electrons. The van der Waals surface area contributed by atoms with Crippen molar-refractivity contribution in [3.63, 3.8) is 0 Å². The van der Waals surface area contributed by atoms with Crippen molar-refractivity contribution >= 4 is 11.7 Å². The number of carboxylic acid groups (broad SMARTS) is 1. The molecule has 1 aromatic carbocycles. The molecule has 1 aliphatic carbocycles. The van der Waals surface area contributed by atoms with E-state index in [0.717, 1.165) is 18.5 Å². The van der Waals surface area contributed by atoms with Gasteiger partial charge in [-0.1, -0.05) is 6.07 Å². The van der Waals surface area contributed by atoms with Gasteiger partial charge in [-0.15, -0.1) is 0 Å². The lowest BCUT2D eigenvalue weighted by molar-refractivity contribution is -0.138. The summed E-state index contributed by atoms with van der Waals surface area (Å²) in [5.74, 6) is -1.57. The van der Waals surface area contributed by atoms with Gasteiger partial charge in [-0.25, -0.2) is 8.78 Å². The molecular weight excluding hydrogens is 390 g/mol. The summed E-state index contributed by atoms with van der Waals surface area (Å²) in [5.41, 5.74) is 1.64. The number of carbonyl (C=O) groups is 1. The molecule has 0 spiro atoms. The fourth-order valence-corrected chi connectivity index (χ4v) is 4.35. The van der Waals surface area contributed by atoms with Crippen LogP contribution in [0.1, 0.15) is 43.9 Å². The number of halogens is 2. The number of aliphatic carboxylic acids is 1. The number of rotatable bonds is 7. The van der Waals surface area contributed by atoms with E-state index in [-0.39, 0.29) is 24.1 Å². The summed E-state index contributed by atoms with van der Waals surface area (Å²) in [7, 11) is 1.66. The van der Waals surface area contributed by atoms with E-state index in [1.165, 1.54) is 12.1 Å². The van der Waals surface area contributed by atoms with Crippen molar-refractivity contribution in [1.29, 1.82) is 0 Å². The molecule has 1 saturated carbocycles. The third-order valence-corrected chi connectivity index (χ3v) is 6.07. The lowest BCUT2D eigenvalue weighted by Gasteiger charge is -2.33. The number of aromatic nitrogens is 1. The van der Waals surface area contributed by atoms with Crippen LogP contribution >= 0.6 is 0 Å². The van der Waals surface area contributed by atoms with E-state index in [1.807, 2.05) is 12.1 Å². The van der Waals surface area contributed by atoms with E-state index in [4.69, 9.17) is 9.84 Å². The summed E-state index contributed by atoms with van der Waals surface area (Å²) in [6.45, 7) is 0.881. The first-order valence-electron chi connectivity index (χ1n) is 10.4. The Balaban J connectivity index is 1.54. The molecule has 30 heavy (non-hydrogen) atoms. The van der Waals surface area contributed by atoms with Gasteiger partial charge in [0.2, 0.25) is 0 Å². The Morgan fingerprint density at radius 3 is 2.43 bits per heavy atom. The fraction of sp³-hybridized carbons (Fsp3) is 0.478. The molecule has 1 unspecified atom stereocenters. The third-order valence-electron chi connectivity index (χ3n) is 6.07. The van der Waals surface area contributed by atoms with Crippen molar-refractivity contribution in [3.05, 3.63) is 47.7 Å². The Morgan fingerprint density at radius 2 is 1.87 bits per heavy atom. The van der Waals surface area contributed by atoms with Gasteiger partial charge < -0.3 is 14.7 Å². The monoisotopic (exact) mass is 416 g/mol. The Bertz CT molecular complexity index is 901. The van der Waals surface area contributed by atoms with Crippen molar-refractivity contribution in [2.24, 2.45) is 11.8 Å².